The molecule has 0 spiro atoms. The first-order valence-electron chi connectivity index (χ1n) is 15.9. The lowest BCUT2D eigenvalue weighted by molar-refractivity contribution is 0.660. The molecule has 2 heterocycles. The lowest BCUT2D eigenvalue weighted by atomic mass is 9.82. The van der Waals surface area contributed by atoms with Gasteiger partial charge in [-0.1, -0.05) is 105 Å². The van der Waals surface area contributed by atoms with Crippen LogP contribution in [0, 0.1) is 0 Å². The second kappa shape index (κ2) is 9.53. The van der Waals surface area contributed by atoms with Crippen LogP contribution in [-0.4, -0.2) is 0 Å². The number of hydrogen-bond donors (Lipinski definition) is 0. The van der Waals surface area contributed by atoms with Crippen LogP contribution in [0.25, 0.3) is 62.2 Å². The Balaban J connectivity index is 1.30. The zero-order chi connectivity index (χ0) is 30.6. The Kier molecular flexibility index (Phi) is 5.44. The molecule has 0 atom stereocenters. The average Bonchev–Trinajstić information content (AvgIpc) is 3.73. The average molecular weight is 624 g/mol. The van der Waals surface area contributed by atoms with E-state index < -0.39 is 0 Å². The molecule has 218 valence electrons. The summed E-state index contributed by atoms with van der Waals surface area (Å²) in [5, 5.41) is 7.82. The number of thiophene rings is 2. The van der Waals surface area contributed by atoms with Crippen LogP contribution in [-0.2, 0) is 5.41 Å². The van der Waals surface area contributed by atoms with Gasteiger partial charge in [-0.2, -0.15) is 0 Å². The summed E-state index contributed by atoms with van der Waals surface area (Å²) in [6.07, 6.45) is 0. The maximum absolute atomic E-state index is 2.51. The molecule has 1 aliphatic rings. The first-order chi connectivity index (χ1) is 22.6. The molecule has 9 aromatic rings. The smallest absolute Gasteiger partial charge is 0.0547 e. The molecule has 0 saturated carbocycles. The van der Waals surface area contributed by atoms with Gasteiger partial charge < -0.3 is 4.90 Å². The van der Waals surface area contributed by atoms with Crippen LogP contribution in [0.4, 0.5) is 17.1 Å². The summed E-state index contributed by atoms with van der Waals surface area (Å²) in [5.41, 5.74) is 8.97. The van der Waals surface area contributed by atoms with Crippen LogP contribution in [0.2, 0.25) is 0 Å². The van der Waals surface area contributed by atoms with Gasteiger partial charge in [0.15, 0.2) is 0 Å². The SMILES string of the molecule is CC1(C)c2ccccc2-c2cc(N(c3ccc4sc5ccccc5c4c3)c3cc4c5ccccc5sc4c4ccccc34)ccc21. The Morgan fingerprint density at radius 1 is 0.435 bits per heavy atom. The summed E-state index contributed by atoms with van der Waals surface area (Å²) in [7, 11) is 0. The Morgan fingerprint density at radius 2 is 1.02 bits per heavy atom. The van der Waals surface area contributed by atoms with Crippen molar-refractivity contribution in [2.75, 3.05) is 4.90 Å². The monoisotopic (exact) mass is 623 g/mol. The van der Waals surface area contributed by atoms with Crippen LogP contribution in [0.1, 0.15) is 25.0 Å². The molecule has 0 N–H and O–H groups in total. The van der Waals surface area contributed by atoms with Crippen molar-refractivity contribution >= 4 is 90.9 Å². The molecule has 10 rings (SSSR count). The van der Waals surface area contributed by atoms with E-state index in [1.165, 1.54) is 90.4 Å². The van der Waals surface area contributed by atoms with E-state index in [2.05, 4.69) is 158 Å². The van der Waals surface area contributed by atoms with Gasteiger partial charge in [0.05, 0.1) is 5.69 Å². The molecule has 7 aromatic carbocycles. The molecule has 46 heavy (non-hydrogen) atoms. The predicted octanol–water partition coefficient (Wildman–Crippen LogP) is 13.4. The van der Waals surface area contributed by atoms with Crippen LogP contribution >= 0.6 is 22.7 Å². The third kappa shape index (κ3) is 3.61. The van der Waals surface area contributed by atoms with Gasteiger partial charge >= 0.3 is 0 Å². The lowest BCUT2D eigenvalue weighted by Crippen LogP contribution is -2.15. The van der Waals surface area contributed by atoms with Crippen LogP contribution in [0.3, 0.4) is 0 Å². The van der Waals surface area contributed by atoms with Gasteiger partial charge in [-0.3, -0.25) is 0 Å². The Labute approximate surface area is 275 Å². The Morgan fingerprint density at radius 3 is 1.85 bits per heavy atom. The molecular weight excluding hydrogens is 595 g/mol. The van der Waals surface area contributed by atoms with E-state index in [-0.39, 0.29) is 5.41 Å². The van der Waals surface area contributed by atoms with Gasteiger partial charge in [0.2, 0.25) is 0 Å². The second-order valence-corrected chi connectivity index (χ2v) is 15.1. The van der Waals surface area contributed by atoms with Gasteiger partial charge in [-0.25, -0.2) is 0 Å². The largest absolute Gasteiger partial charge is 0.310 e. The predicted molar refractivity (Wildman–Crippen MR) is 202 cm³/mol. The van der Waals surface area contributed by atoms with E-state index in [9.17, 15) is 0 Å². The van der Waals surface area contributed by atoms with Crippen LogP contribution in [0.15, 0.2) is 140 Å². The van der Waals surface area contributed by atoms with Crippen molar-refractivity contribution in [2.45, 2.75) is 19.3 Å². The van der Waals surface area contributed by atoms with Gasteiger partial charge in [0.1, 0.15) is 0 Å². The third-order valence-electron chi connectivity index (χ3n) is 10.0. The van der Waals surface area contributed by atoms with E-state index in [0.717, 1.165) is 0 Å². The van der Waals surface area contributed by atoms with E-state index in [4.69, 9.17) is 0 Å². The zero-order valence-corrected chi connectivity index (χ0v) is 27.2. The minimum Gasteiger partial charge on any atom is -0.310 e. The standard InChI is InChI=1S/C43H29NS2/c1-43(2)36-16-8-5-11-28(36)33-23-26(19-21-37(33)43)44(27-20-22-41-34(24-27)30-13-6-9-17-39(30)45-41)38-25-35-31-14-7-10-18-40(31)46-42(35)32-15-4-3-12-29(32)38/h3-25H,1-2H3. The minimum absolute atomic E-state index is 0.0367. The minimum atomic E-state index is -0.0367. The molecule has 0 aliphatic heterocycles. The highest BCUT2D eigenvalue weighted by molar-refractivity contribution is 7.26. The highest BCUT2D eigenvalue weighted by Crippen LogP contribution is 2.52. The van der Waals surface area contributed by atoms with Crippen molar-refractivity contribution in [3.8, 4) is 11.1 Å². The summed E-state index contributed by atoms with van der Waals surface area (Å²) in [5.74, 6) is 0. The van der Waals surface area contributed by atoms with Gasteiger partial charge in [-0.15, -0.1) is 22.7 Å². The molecule has 0 radical (unpaired) electrons. The van der Waals surface area contributed by atoms with Crippen molar-refractivity contribution in [2.24, 2.45) is 0 Å². The maximum Gasteiger partial charge on any atom is 0.0547 e. The second-order valence-electron chi connectivity index (χ2n) is 12.9. The molecular formula is C43H29NS2. The molecule has 0 fully saturated rings. The summed E-state index contributed by atoms with van der Waals surface area (Å²) in [6.45, 7) is 4.71. The van der Waals surface area contributed by atoms with Gasteiger partial charge in [-0.05, 0) is 70.8 Å². The highest BCUT2D eigenvalue weighted by atomic mass is 32.1. The van der Waals surface area contributed by atoms with Crippen molar-refractivity contribution < 1.29 is 0 Å². The molecule has 1 aliphatic carbocycles. The van der Waals surface area contributed by atoms with E-state index in [1.54, 1.807) is 0 Å². The topological polar surface area (TPSA) is 3.24 Å². The molecule has 3 heteroatoms. The van der Waals surface area contributed by atoms with E-state index in [0.29, 0.717) is 0 Å². The van der Waals surface area contributed by atoms with Crippen LogP contribution in [0.5, 0.6) is 0 Å². The van der Waals surface area contributed by atoms with Crippen LogP contribution < -0.4 is 4.90 Å². The fraction of sp³-hybridized carbons (Fsp3) is 0.0698. The summed E-state index contributed by atoms with van der Waals surface area (Å²) < 4.78 is 5.33. The summed E-state index contributed by atoms with van der Waals surface area (Å²) >= 11 is 3.77. The fourth-order valence-corrected chi connectivity index (χ4v) is 10.1. The summed E-state index contributed by atoms with van der Waals surface area (Å²) in [6, 6.07) is 52.1. The van der Waals surface area contributed by atoms with Crippen molar-refractivity contribution in [3.63, 3.8) is 0 Å². The molecule has 0 bridgehead atoms. The molecule has 1 nitrogen and oxygen atoms in total. The van der Waals surface area contributed by atoms with Crippen molar-refractivity contribution in [1.82, 2.24) is 0 Å². The lowest BCUT2D eigenvalue weighted by Gasteiger charge is -2.28. The first-order valence-corrected chi connectivity index (χ1v) is 17.5. The van der Waals surface area contributed by atoms with E-state index >= 15 is 0 Å². The summed E-state index contributed by atoms with van der Waals surface area (Å²) in [4.78, 5) is 2.51. The van der Waals surface area contributed by atoms with Gasteiger partial charge in [0.25, 0.3) is 0 Å². The highest BCUT2D eigenvalue weighted by Gasteiger charge is 2.35. The number of rotatable bonds is 3. The molecule has 0 unspecified atom stereocenters. The quantitative estimate of drug-likeness (QED) is 0.189. The maximum atomic E-state index is 2.51. The zero-order valence-electron chi connectivity index (χ0n) is 25.5. The molecule has 0 amide bonds. The first kappa shape index (κ1) is 26.3. The van der Waals surface area contributed by atoms with Crippen molar-refractivity contribution in [1.29, 1.82) is 0 Å². The Hall–Kier alpha value is -4.96. The van der Waals surface area contributed by atoms with E-state index in [1.807, 2.05) is 22.7 Å². The molecule has 0 saturated heterocycles. The molecule has 2 aromatic heterocycles. The normalized spacial score (nSPS) is 13.6. The third-order valence-corrected chi connectivity index (χ3v) is 12.4. The Bertz CT molecular complexity index is 2690. The number of nitrogens with zero attached hydrogens (tertiary/aromatic N) is 1. The fourth-order valence-electron chi connectivity index (χ4n) is 7.84. The van der Waals surface area contributed by atoms with Crippen molar-refractivity contribution in [3.05, 3.63) is 151 Å². The number of benzene rings is 7. The van der Waals surface area contributed by atoms with Gasteiger partial charge in [0, 0.05) is 67.9 Å². The number of anilines is 3. The number of hydrogen-bond acceptors (Lipinski definition) is 3. The number of fused-ring (bicyclic) bond motifs is 11.